The molecule has 1 heterocycles. The molecule has 0 amide bonds. The number of guanidine groups is 1. The minimum atomic E-state index is 0.847. The molecule has 130 valence electrons. The monoisotopic (exact) mass is 327 g/mol. The van der Waals surface area contributed by atoms with Gasteiger partial charge in [0.05, 0.1) is 11.9 Å². The molecule has 0 saturated carbocycles. The van der Waals surface area contributed by atoms with Crippen molar-refractivity contribution in [1.29, 1.82) is 0 Å². The molecule has 2 aromatic rings. The van der Waals surface area contributed by atoms with E-state index < -0.39 is 0 Å². The first-order chi connectivity index (χ1) is 11.8. The third kappa shape index (κ3) is 6.07. The molecule has 0 atom stereocenters. The second-order valence-electron chi connectivity index (χ2n) is 5.77. The van der Waals surface area contributed by atoms with E-state index in [1.165, 1.54) is 18.4 Å². The molecule has 2 N–H and O–H groups in total. The van der Waals surface area contributed by atoms with Gasteiger partial charge >= 0.3 is 0 Å². The first kappa shape index (κ1) is 18.0. The van der Waals surface area contributed by atoms with Crippen LogP contribution in [-0.4, -0.2) is 35.4 Å². The molecule has 0 saturated heterocycles. The zero-order chi connectivity index (χ0) is 17.0. The Morgan fingerprint density at radius 2 is 1.96 bits per heavy atom. The predicted molar refractivity (Wildman–Crippen MR) is 101 cm³/mol. The number of nitrogens with one attached hydrogen (secondary N) is 2. The summed E-state index contributed by atoms with van der Waals surface area (Å²) in [6.07, 6.45) is 8.55. The van der Waals surface area contributed by atoms with Gasteiger partial charge in [0, 0.05) is 25.8 Å². The highest BCUT2D eigenvalue weighted by molar-refractivity contribution is 5.79. The molecule has 1 aromatic heterocycles. The average Bonchev–Trinajstić information content (AvgIpc) is 3.08. The SMILES string of the molecule is CCCCCN=C(NCC)NCCc1cnn(-c2ccccc2)c1. The van der Waals surface area contributed by atoms with Gasteiger partial charge in [-0.3, -0.25) is 4.99 Å². The Kier molecular flexibility index (Phi) is 7.87. The quantitative estimate of drug-likeness (QED) is 0.422. The average molecular weight is 327 g/mol. The largest absolute Gasteiger partial charge is 0.357 e. The molecular weight excluding hydrogens is 298 g/mol. The molecule has 5 heteroatoms. The normalized spacial score (nSPS) is 11.5. The second-order valence-corrected chi connectivity index (χ2v) is 5.77. The Morgan fingerprint density at radius 3 is 2.71 bits per heavy atom. The summed E-state index contributed by atoms with van der Waals surface area (Å²) < 4.78 is 1.92. The molecule has 0 aliphatic rings. The molecule has 0 fully saturated rings. The molecule has 2 rings (SSSR count). The van der Waals surface area contributed by atoms with Crippen molar-refractivity contribution in [2.24, 2.45) is 4.99 Å². The molecule has 0 aliphatic carbocycles. The van der Waals surface area contributed by atoms with Gasteiger partial charge in [-0.1, -0.05) is 38.0 Å². The van der Waals surface area contributed by atoms with Crippen molar-refractivity contribution in [1.82, 2.24) is 20.4 Å². The Bertz CT molecular complexity index is 603. The van der Waals surface area contributed by atoms with Crippen LogP contribution in [0.2, 0.25) is 0 Å². The standard InChI is InChI=1S/C19H29N5/c1-3-5-9-13-21-19(20-4-2)22-14-12-17-15-23-24(16-17)18-10-7-6-8-11-18/h6-8,10-11,15-16H,3-5,9,12-14H2,1-2H3,(H2,20,21,22). The van der Waals surface area contributed by atoms with Crippen LogP contribution in [0.25, 0.3) is 5.69 Å². The molecule has 1 aromatic carbocycles. The van der Waals surface area contributed by atoms with E-state index in [4.69, 9.17) is 0 Å². The van der Waals surface area contributed by atoms with Crippen molar-refractivity contribution in [2.75, 3.05) is 19.6 Å². The molecule has 0 radical (unpaired) electrons. The number of aromatic nitrogens is 2. The van der Waals surface area contributed by atoms with Crippen LogP contribution >= 0.6 is 0 Å². The van der Waals surface area contributed by atoms with E-state index in [0.29, 0.717) is 0 Å². The van der Waals surface area contributed by atoms with E-state index in [2.05, 4.69) is 52.9 Å². The highest BCUT2D eigenvalue weighted by Gasteiger charge is 2.02. The zero-order valence-electron chi connectivity index (χ0n) is 14.8. The maximum Gasteiger partial charge on any atom is 0.191 e. The van der Waals surface area contributed by atoms with E-state index in [9.17, 15) is 0 Å². The van der Waals surface area contributed by atoms with Gasteiger partial charge in [-0.2, -0.15) is 5.10 Å². The summed E-state index contributed by atoms with van der Waals surface area (Å²) in [7, 11) is 0. The van der Waals surface area contributed by atoms with Crippen LogP contribution < -0.4 is 10.6 Å². The second kappa shape index (κ2) is 10.5. The van der Waals surface area contributed by atoms with E-state index in [-0.39, 0.29) is 0 Å². The third-order valence-corrected chi connectivity index (χ3v) is 3.74. The summed E-state index contributed by atoms with van der Waals surface area (Å²) >= 11 is 0. The lowest BCUT2D eigenvalue weighted by molar-refractivity contribution is 0.716. The van der Waals surface area contributed by atoms with Crippen LogP contribution in [0.3, 0.4) is 0 Å². The molecule has 0 spiro atoms. The minimum Gasteiger partial charge on any atom is -0.357 e. The van der Waals surface area contributed by atoms with E-state index in [1.807, 2.05) is 29.1 Å². The van der Waals surface area contributed by atoms with Crippen LogP contribution in [0, 0.1) is 0 Å². The van der Waals surface area contributed by atoms with Crippen molar-refractivity contribution in [3.8, 4) is 5.69 Å². The molecule has 0 bridgehead atoms. The summed E-state index contributed by atoms with van der Waals surface area (Å²) in [5, 5.41) is 11.1. The van der Waals surface area contributed by atoms with Gasteiger partial charge in [0.2, 0.25) is 0 Å². The summed E-state index contributed by atoms with van der Waals surface area (Å²) in [5.41, 5.74) is 2.30. The van der Waals surface area contributed by atoms with Gasteiger partial charge in [0.1, 0.15) is 0 Å². The third-order valence-electron chi connectivity index (χ3n) is 3.74. The highest BCUT2D eigenvalue weighted by atomic mass is 15.3. The molecule has 0 aliphatic heterocycles. The summed E-state index contributed by atoms with van der Waals surface area (Å²) in [5.74, 6) is 0.907. The number of hydrogen-bond acceptors (Lipinski definition) is 2. The molecular formula is C19H29N5. The lowest BCUT2D eigenvalue weighted by atomic mass is 10.2. The van der Waals surface area contributed by atoms with Crippen LogP contribution in [0.4, 0.5) is 0 Å². The number of para-hydroxylation sites is 1. The van der Waals surface area contributed by atoms with Crippen LogP contribution in [0.1, 0.15) is 38.7 Å². The van der Waals surface area contributed by atoms with Gasteiger partial charge in [0.15, 0.2) is 5.96 Å². The van der Waals surface area contributed by atoms with Gasteiger partial charge in [-0.05, 0) is 37.5 Å². The number of rotatable bonds is 9. The number of benzene rings is 1. The number of nitrogens with zero attached hydrogens (tertiary/aromatic N) is 3. The summed E-state index contributed by atoms with van der Waals surface area (Å²) in [6.45, 7) is 6.91. The fourth-order valence-corrected chi connectivity index (χ4v) is 2.43. The fourth-order valence-electron chi connectivity index (χ4n) is 2.43. The van der Waals surface area contributed by atoms with Gasteiger partial charge < -0.3 is 10.6 Å². The topological polar surface area (TPSA) is 54.2 Å². The fraction of sp³-hybridized carbons (Fsp3) is 0.474. The van der Waals surface area contributed by atoms with Crippen molar-refractivity contribution in [3.63, 3.8) is 0 Å². The number of unbranched alkanes of at least 4 members (excludes halogenated alkanes) is 2. The van der Waals surface area contributed by atoms with E-state index in [1.54, 1.807) is 0 Å². The number of aliphatic imine (C=N–C) groups is 1. The highest BCUT2D eigenvalue weighted by Crippen LogP contribution is 2.07. The Hall–Kier alpha value is -2.30. The van der Waals surface area contributed by atoms with Crippen molar-refractivity contribution < 1.29 is 0 Å². The smallest absolute Gasteiger partial charge is 0.191 e. The van der Waals surface area contributed by atoms with Gasteiger partial charge in [0.25, 0.3) is 0 Å². The van der Waals surface area contributed by atoms with Crippen LogP contribution in [0.15, 0.2) is 47.7 Å². The lowest BCUT2D eigenvalue weighted by Gasteiger charge is -2.10. The maximum absolute atomic E-state index is 4.61. The van der Waals surface area contributed by atoms with Crippen LogP contribution in [-0.2, 0) is 6.42 Å². The first-order valence-electron chi connectivity index (χ1n) is 8.94. The van der Waals surface area contributed by atoms with Gasteiger partial charge in [-0.25, -0.2) is 4.68 Å². The van der Waals surface area contributed by atoms with Gasteiger partial charge in [-0.15, -0.1) is 0 Å². The van der Waals surface area contributed by atoms with Crippen molar-refractivity contribution >= 4 is 5.96 Å². The first-order valence-corrected chi connectivity index (χ1v) is 8.94. The summed E-state index contributed by atoms with van der Waals surface area (Å²) in [4.78, 5) is 4.61. The Morgan fingerprint density at radius 1 is 1.12 bits per heavy atom. The van der Waals surface area contributed by atoms with Crippen molar-refractivity contribution in [3.05, 3.63) is 48.3 Å². The predicted octanol–water partition coefficient (Wildman–Crippen LogP) is 3.16. The van der Waals surface area contributed by atoms with Crippen molar-refractivity contribution in [2.45, 2.75) is 39.5 Å². The Labute approximate surface area is 145 Å². The molecule has 0 unspecified atom stereocenters. The molecule has 24 heavy (non-hydrogen) atoms. The molecule has 5 nitrogen and oxygen atoms in total. The van der Waals surface area contributed by atoms with Crippen LogP contribution in [0.5, 0.6) is 0 Å². The van der Waals surface area contributed by atoms with E-state index >= 15 is 0 Å². The van der Waals surface area contributed by atoms with E-state index in [0.717, 1.165) is 44.1 Å². The minimum absolute atomic E-state index is 0.847. The summed E-state index contributed by atoms with van der Waals surface area (Å²) in [6, 6.07) is 10.2. The number of hydrogen-bond donors (Lipinski definition) is 2. The lowest BCUT2D eigenvalue weighted by Crippen LogP contribution is -2.38. The zero-order valence-corrected chi connectivity index (χ0v) is 14.8. The maximum atomic E-state index is 4.61. The Balaban J connectivity index is 1.80.